The number of carbonyl (C=O) groups is 1. The van der Waals surface area contributed by atoms with Gasteiger partial charge in [-0.05, 0) is 67.1 Å². The molecule has 0 radical (unpaired) electrons. The van der Waals surface area contributed by atoms with Crippen molar-refractivity contribution in [3.05, 3.63) is 88.8 Å². The number of pyridine rings is 2. The fraction of sp³-hybridized carbons (Fsp3) is 0.250. The molecule has 0 spiro atoms. The van der Waals surface area contributed by atoms with Crippen LogP contribution in [-0.2, 0) is 6.54 Å². The Bertz CT molecular complexity index is 1380. The number of benzene rings is 2. The van der Waals surface area contributed by atoms with Gasteiger partial charge in [0.1, 0.15) is 0 Å². The monoisotopic (exact) mass is 485 g/mol. The number of nitrogens with zero attached hydrogens (tertiary/aromatic N) is 4. The Hall–Kier alpha value is -3.32. The van der Waals surface area contributed by atoms with Crippen molar-refractivity contribution in [1.29, 1.82) is 0 Å². The third kappa shape index (κ3) is 5.20. The van der Waals surface area contributed by atoms with Crippen LogP contribution < -0.4 is 5.32 Å². The molecule has 3 heterocycles. The van der Waals surface area contributed by atoms with E-state index in [1.165, 1.54) is 0 Å². The summed E-state index contributed by atoms with van der Waals surface area (Å²) in [7, 11) is 2.14. The molecule has 0 unspecified atom stereocenters. The number of aromatic nitrogens is 2. The molecule has 0 aliphatic carbocycles. The molecule has 1 aliphatic rings. The Kier molecular flexibility index (Phi) is 6.77. The number of anilines is 1. The molecule has 6 nitrogen and oxygen atoms in total. The molecule has 0 saturated carbocycles. The molecular weight excluding hydrogens is 458 g/mol. The van der Waals surface area contributed by atoms with Crippen LogP contribution in [0.2, 0.25) is 5.02 Å². The molecule has 1 amide bonds. The molecule has 178 valence electrons. The van der Waals surface area contributed by atoms with E-state index >= 15 is 0 Å². The maximum Gasteiger partial charge on any atom is 0.255 e. The van der Waals surface area contributed by atoms with Crippen LogP contribution in [0.3, 0.4) is 0 Å². The van der Waals surface area contributed by atoms with Gasteiger partial charge in [-0.3, -0.25) is 19.7 Å². The third-order valence-corrected chi connectivity index (χ3v) is 6.95. The highest BCUT2D eigenvalue weighted by molar-refractivity contribution is 6.31. The molecule has 35 heavy (non-hydrogen) atoms. The molecule has 1 saturated heterocycles. The molecule has 0 bridgehead atoms. The zero-order chi connectivity index (χ0) is 24.4. The predicted octanol–water partition coefficient (Wildman–Crippen LogP) is 5.26. The van der Waals surface area contributed by atoms with Crippen molar-refractivity contribution in [1.82, 2.24) is 19.8 Å². The van der Waals surface area contributed by atoms with Gasteiger partial charge in [0.05, 0.1) is 5.52 Å². The molecule has 4 aromatic rings. The van der Waals surface area contributed by atoms with Gasteiger partial charge < -0.3 is 10.2 Å². The van der Waals surface area contributed by atoms with E-state index in [1.54, 1.807) is 12.3 Å². The van der Waals surface area contributed by atoms with Crippen LogP contribution in [0, 0.1) is 6.92 Å². The zero-order valence-corrected chi connectivity index (χ0v) is 20.7. The Balaban J connectivity index is 1.34. The summed E-state index contributed by atoms with van der Waals surface area (Å²) >= 11 is 6.57. The first-order valence-corrected chi connectivity index (χ1v) is 12.2. The second-order valence-electron chi connectivity index (χ2n) is 9.13. The first kappa shape index (κ1) is 23.4. The van der Waals surface area contributed by atoms with E-state index in [0.29, 0.717) is 16.3 Å². The van der Waals surface area contributed by atoms with Crippen LogP contribution in [0.5, 0.6) is 0 Å². The van der Waals surface area contributed by atoms with Gasteiger partial charge in [0.25, 0.3) is 5.91 Å². The Labute approximate surface area is 210 Å². The van der Waals surface area contributed by atoms with Gasteiger partial charge in [0, 0.05) is 78.5 Å². The topological polar surface area (TPSA) is 61.4 Å². The lowest BCUT2D eigenvalue weighted by atomic mass is 9.99. The fourth-order valence-electron chi connectivity index (χ4n) is 4.45. The maximum absolute atomic E-state index is 13.0. The number of hydrogen-bond acceptors (Lipinski definition) is 5. The van der Waals surface area contributed by atoms with Crippen LogP contribution >= 0.6 is 11.6 Å². The number of nitrogens with one attached hydrogen (secondary N) is 1. The van der Waals surface area contributed by atoms with E-state index in [0.717, 1.165) is 65.9 Å². The molecular formula is C28H28ClN5O. The number of amides is 1. The summed E-state index contributed by atoms with van der Waals surface area (Å²) in [5.41, 5.74) is 6.18. The highest BCUT2D eigenvalue weighted by atomic mass is 35.5. The van der Waals surface area contributed by atoms with Gasteiger partial charge in [0.15, 0.2) is 0 Å². The van der Waals surface area contributed by atoms with E-state index in [2.05, 4.69) is 32.1 Å². The zero-order valence-electron chi connectivity index (χ0n) is 20.0. The summed E-state index contributed by atoms with van der Waals surface area (Å²) in [6.07, 6.45) is 5.41. The molecule has 0 atom stereocenters. The van der Waals surface area contributed by atoms with Crippen molar-refractivity contribution in [3.63, 3.8) is 0 Å². The fourth-order valence-corrected chi connectivity index (χ4v) is 4.69. The average molecular weight is 486 g/mol. The third-order valence-electron chi connectivity index (χ3n) is 6.60. The van der Waals surface area contributed by atoms with Gasteiger partial charge in [-0.15, -0.1) is 0 Å². The summed E-state index contributed by atoms with van der Waals surface area (Å²) in [6, 6.07) is 15.3. The molecule has 1 N–H and O–H groups in total. The van der Waals surface area contributed by atoms with Gasteiger partial charge >= 0.3 is 0 Å². The largest absolute Gasteiger partial charge is 0.322 e. The molecule has 1 aliphatic heterocycles. The SMILES string of the molecule is Cc1ccc(NC(=O)c2ccc(CN3CCN(C)CC3)c(Cl)c2)cc1-c1cncc2cccnc12. The minimum Gasteiger partial charge on any atom is -0.322 e. The van der Waals surface area contributed by atoms with E-state index in [1.807, 2.05) is 61.8 Å². The first-order valence-electron chi connectivity index (χ1n) is 11.8. The Morgan fingerprint density at radius 3 is 2.66 bits per heavy atom. The van der Waals surface area contributed by atoms with E-state index in [4.69, 9.17) is 11.6 Å². The number of halogens is 1. The van der Waals surface area contributed by atoms with E-state index in [9.17, 15) is 4.79 Å². The molecule has 7 heteroatoms. The minimum atomic E-state index is -0.193. The molecule has 2 aromatic heterocycles. The van der Waals surface area contributed by atoms with Gasteiger partial charge in [-0.1, -0.05) is 23.7 Å². The lowest BCUT2D eigenvalue weighted by Gasteiger charge is -2.32. The van der Waals surface area contributed by atoms with Gasteiger partial charge in [0.2, 0.25) is 0 Å². The lowest BCUT2D eigenvalue weighted by Crippen LogP contribution is -2.43. The lowest BCUT2D eigenvalue weighted by molar-refractivity contribution is 0.102. The molecule has 2 aromatic carbocycles. The van der Waals surface area contributed by atoms with Crippen LogP contribution in [0.1, 0.15) is 21.5 Å². The van der Waals surface area contributed by atoms with Crippen molar-refractivity contribution in [3.8, 4) is 11.1 Å². The average Bonchev–Trinajstić information content (AvgIpc) is 2.87. The van der Waals surface area contributed by atoms with Crippen LogP contribution in [0.15, 0.2) is 67.1 Å². The number of carbonyl (C=O) groups excluding carboxylic acids is 1. The number of likely N-dealkylation sites (N-methyl/N-ethyl adjacent to an activating group) is 1. The van der Waals surface area contributed by atoms with Gasteiger partial charge in [-0.25, -0.2) is 0 Å². The second-order valence-corrected chi connectivity index (χ2v) is 9.54. The van der Waals surface area contributed by atoms with Crippen LogP contribution in [0.25, 0.3) is 22.0 Å². The van der Waals surface area contributed by atoms with Crippen LogP contribution in [-0.4, -0.2) is 58.9 Å². The standard InChI is InChI=1S/C28H28ClN5O/c1-19-5-8-23(15-24(19)25-17-30-16-21-4-3-9-31-27(21)25)32-28(35)20-6-7-22(26(29)14-20)18-34-12-10-33(2)11-13-34/h3-9,14-17H,10-13,18H2,1-2H3,(H,32,35). The smallest absolute Gasteiger partial charge is 0.255 e. The predicted molar refractivity (Wildman–Crippen MR) is 142 cm³/mol. The van der Waals surface area contributed by atoms with Crippen molar-refractivity contribution >= 4 is 34.1 Å². The van der Waals surface area contributed by atoms with Crippen LogP contribution in [0.4, 0.5) is 5.69 Å². The second kappa shape index (κ2) is 10.1. The van der Waals surface area contributed by atoms with Crippen molar-refractivity contribution < 1.29 is 4.79 Å². The number of aryl methyl sites for hydroxylation is 1. The summed E-state index contributed by atoms with van der Waals surface area (Å²) in [5, 5.41) is 4.62. The summed E-state index contributed by atoms with van der Waals surface area (Å²) < 4.78 is 0. The summed E-state index contributed by atoms with van der Waals surface area (Å²) in [4.78, 5) is 26.7. The summed E-state index contributed by atoms with van der Waals surface area (Å²) in [6.45, 7) is 6.99. The first-order chi connectivity index (χ1) is 17.0. The quantitative estimate of drug-likeness (QED) is 0.418. The number of piperazine rings is 1. The normalized spacial score (nSPS) is 14.8. The number of rotatable bonds is 5. The molecule has 5 rings (SSSR count). The maximum atomic E-state index is 13.0. The number of fused-ring (bicyclic) bond motifs is 1. The highest BCUT2D eigenvalue weighted by Crippen LogP contribution is 2.31. The Morgan fingerprint density at radius 1 is 1.03 bits per heavy atom. The highest BCUT2D eigenvalue weighted by Gasteiger charge is 2.17. The van der Waals surface area contributed by atoms with E-state index < -0.39 is 0 Å². The van der Waals surface area contributed by atoms with E-state index in [-0.39, 0.29) is 5.91 Å². The van der Waals surface area contributed by atoms with Crippen molar-refractivity contribution in [2.75, 3.05) is 38.5 Å². The van der Waals surface area contributed by atoms with Crippen molar-refractivity contribution in [2.24, 2.45) is 0 Å². The van der Waals surface area contributed by atoms with Crippen molar-refractivity contribution in [2.45, 2.75) is 13.5 Å². The minimum absolute atomic E-state index is 0.193. The molecule has 1 fully saturated rings. The number of hydrogen-bond donors (Lipinski definition) is 1. The Morgan fingerprint density at radius 2 is 1.86 bits per heavy atom. The van der Waals surface area contributed by atoms with Gasteiger partial charge in [-0.2, -0.15) is 0 Å². The summed E-state index contributed by atoms with van der Waals surface area (Å²) in [5.74, 6) is -0.193.